The molecule has 0 fully saturated rings. The van der Waals surface area contributed by atoms with Gasteiger partial charge in [0.25, 0.3) is 0 Å². The van der Waals surface area contributed by atoms with Crippen molar-refractivity contribution in [3.05, 3.63) is 85.8 Å². The van der Waals surface area contributed by atoms with Crippen LogP contribution in [0, 0.1) is 0 Å². The number of hydrogen-bond acceptors (Lipinski definition) is 3. The van der Waals surface area contributed by atoms with Crippen molar-refractivity contribution < 1.29 is 9.47 Å². The third kappa shape index (κ3) is 6.10. The Kier molecular flexibility index (Phi) is 7.79. The van der Waals surface area contributed by atoms with E-state index in [0.29, 0.717) is 51.3 Å². The zero-order chi connectivity index (χ0) is 20.8. The molecule has 0 saturated carbocycles. The van der Waals surface area contributed by atoms with E-state index in [1.54, 1.807) is 18.2 Å². The third-order valence-corrected chi connectivity index (χ3v) is 5.47. The second-order valence-electron chi connectivity index (χ2n) is 6.22. The van der Waals surface area contributed by atoms with Crippen LogP contribution in [0.4, 0.5) is 5.69 Å². The van der Waals surface area contributed by atoms with E-state index in [4.69, 9.17) is 55.9 Å². The van der Waals surface area contributed by atoms with Gasteiger partial charge in [0.15, 0.2) is 11.5 Å². The molecule has 0 aliphatic rings. The maximum atomic E-state index is 6.49. The number of nitrogens with one attached hydrogen (secondary N) is 1. The van der Waals surface area contributed by atoms with Gasteiger partial charge in [-0.05, 0) is 54.4 Å². The van der Waals surface area contributed by atoms with Crippen LogP contribution in [-0.4, -0.2) is 6.61 Å². The molecule has 0 aromatic heterocycles. The SMILES string of the molecule is CCOc1cc(CNc2ccc(Cl)c(Cl)c2)c(Cl)cc1OCc1ccc(Cl)cc1. The van der Waals surface area contributed by atoms with Crippen LogP contribution in [0.5, 0.6) is 11.5 Å². The maximum absolute atomic E-state index is 6.49. The van der Waals surface area contributed by atoms with Crippen molar-refractivity contribution in [2.45, 2.75) is 20.1 Å². The molecule has 0 aliphatic carbocycles. The first-order valence-corrected chi connectivity index (χ1v) is 10.5. The predicted molar refractivity (Wildman–Crippen MR) is 122 cm³/mol. The number of anilines is 1. The molecule has 1 N–H and O–H groups in total. The van der Waals surface area contributed by atoms with Crippen molar-refractivity contribution in [2.24, 2.45) is 0 Å². The highest BCUT2D eigenvalue weighted by atomic mass is 35.5. The summed E-state index contributed by atoms with van der Waals surface area (Å²) < 4.78 is 11.7. The highest BCUT2D eigenvalue weighted by Gasteiger charge is 2.12. The first-order chi connectivity index (χ1) is 14.0. The molecule has 0 heterocycles. The lowest BCUT2D eigenvalue weighted by molar-refractivity contribution is 0.269. The number of hydrogen-bond donors (Lipinski definition) is 1. The van der Waals surface area contributed by atoms with Crippen LogP contribution in [0.2, 0.25) is 20.1 Å². The van der Waals surface area contributed by atoms with E-state index in [-0.39, 0.29) is 0 Å². The first-order valence-electron chi connectivity index (χ1n) is 8.97. The Balaban J connectivity index is 1.74. The second-order valence-corrected chi connectivity index (χ2v) is 7.88. The molecule has 0 amide bonds. The van der Waals surface area contributed by atoms with E-state index in [1.807, 2.05) is 43.3 Å². The lowest BCUT2D eigenvalue weighted by Gasteiger charge is -2.16. The lowest BCUT2D eigenvalue weighted by atomic mass is 10.2. The highest BCUT2D eigenvalue weighted by molar-refractivity contribution is 6.42. The summed E-state index contributed by atoms with van der Waals surface area (Å²) >= 11 is 24.4. The van der Waals surface area contributed by atoms with Gasteiger partial charge >= 0.3 is 0 Å². The largest absolute Gasteiger partial charge is 0.490 e. The van der Waals surface area contributed by atoms with Crippen molar-refractivity contribution in [1.29, 1.82) is 0 Å². The molecular weight excluding hydrogens is 452 g/mol. The van der Waals surface area contributed by atoms with E-state index in [1.165, 1.54) is 0 Å². The molecule has 0 spiro atoms. The molecule has 3 aromatic carbocycles. The molecule has 3 rings (SSSR count). The summed E-state index contributed by atoms with van der Waals surface area (Å²) in [7, 11) is 0. The zero-order valence-corrected chi connectivity index (χ0v) is 18.7. The molecule has 0 atom stereocenters. The minimum absolute atomic E-state index is 0.383. The Bertz CT molecular complexity index is 977. The molecule has 29 heavy (non-hydrogen) atoms. The normalized spacial score (nSPS) is 10.7. The molecule has 3 aromatic rings. The van der Waals surface area contributed by atoms with Crippen LogP contribution >= 0.6 is 46.4 Å². The Hall–Kier alpha value is -1.78. The summed E-state index contributed by atoms with van der Waals surface area (Å²) in [5.41, 5.74) is 2.72. The fourth-order valence-corrected chi connectivity index (χ4v) is 3.28. The van der Waals surface area contributed by atoms with Gasteiger partial charge in [0, 0.05) is 28.3 Å². The monoisotopic (exact) mass is 469 g/mol. The average Bonchev–Trinajstić information content (AvgIpc) is 2.70. The van der Waals surface area contributed by atoms with E-state index in [0.717, 1.165) is 16.8 Å². The molecule has 7 heteroatoms. The van der Waals surface area contributed by atoms with Crippen LogP contribution in [0.1, 0.15) is 18.1 Å². The van der Waals surface area contributed by atoms with Crippen LogP contribution in [0.15, 0.2) is 54.6 Å². The van der Waals surface area contributed by atoms with Gasteiger partial charge in [0.1, 0.15) is 6.61 Å². The molecule has 0 unspecified atom stereocenters. The number of benzene rings is 3. The summed E-state index contributed by atoms with van der Waals surface area (Å²) in [6.45, 7) is 3.31. The minimum Gasteiger partial charge on any atom is -0.490 e. The predicted octanol–water partition coefficient (Wildman–Crippen LogP) is 7.89. The van der Waals surface area contributed by atoms with Crippen molar-refractivity contribution in [2.75, 3.05) is 11.9 Å². The number of rotatable bonds is 8. The average molecular weight is 471 g/mol. The Labute approximate surface area is 190 Å². The van der Waals surface area contributed by atoms with E-state index in [2.05, 4.69) is 5.32 Å². The Morgan fingerprint density at radius 2 is 1.48 bits per heavy atom. The van der Waals surface area contributed by atoms with Gasteiger partial charge in [-0.2, -0.15) is 0 Å². The van der Waals surface area contributed by atoms with Gasteiger partial charge in [-0.3, -0.25) is 0 Å². The Morgan fingerprint density at radius 3 is 2.17 bits per heavy atom. The maximum Gasteiger partial charge on any atom is 0.163 e. The molecule has 152 valence electrons. The molecule has 0 saturated heterocycles. The molecule has 0 aliphatic heterocycles. The minimum atomic E-state index is 0.383. The van der Waals surface area contributed by atoms with E-state index in [9.17, 15) is 0 Å². The van der Waals surface area contributed by atoms with Gasteiger partial charge in [-0.1, -0.05) is 58.5 Å². The summed E-state index contributed by atoms with van der Waals surface area (Å²) in [5.74, 6) is 1.22. The summed E-state index contributed by atoms with van der Waals surface area (Å²) in [6.07, 6.45) is 0. The van der Waals surface area contributed by atoms with Gasteiger partial charge < -0.3 is 14.8 Å². The quantitative estimate of drug-likeness (QED) is 0.363. The molecule has 0 radical (unpaired) electrons. The van der Waals surface area contributed by atoms with Crippen LogP contribution in [0.3, 0.4) is 0 Å². The van der Waals surface area contributed by atoms with Crippen LogP contribution < -0.4 is 14.8 Å². The number of halogens is 4. The van der Waals surface area contributed by atoms with Gasteiger partial charge in [-0.25, -0.2) is 0 Å². The van der Waals surface area contributed by atoms with E-state index >= 15 is 0 Å². The Morgan fingerprint density at radius 1 is 0.759 bits per heavy atom. The van der Waals surface area contributed by atoms with Crippen molar-refractivity contribution >= 4 is 52.1 Å². The second kappa shape index (κ2) is 10.3. The molecular formula is C22H19Cl4NO2. The van der Waals surface area contributed by atoms with Crippen LogP contribution in [0.25, 0.3) is 0 Å². The standard InChI is InChI=1S/C22H19Cl4NO2/c1-2-28-21-9-15(12-27-17-7-8-18(24)20(26)10-17)19(25)11-22(21)29-13-14-3-5-16(23)6-4-14/h3-11,27H,2,12-13H2,1H3. The summed E-state index contributed by atoms with van der Waals surface area (Å²) in [4.78, 5) is 0. The van der Waals surface area contributed by atoms with Gasteiger partial charge in [0.2, 0.25) is 0 Å². The van der Waals surface area contributed by atoms with Crippen molar-refractivity contribution in [3.63, 3.8) is 0 Å². The molecule has 0 bridgehead atoms. The lowest BCUT2D eigenvalue weighted by Crippen LogP contribution is -2.04. The summed E-state index contributed by atoms with van der Waals surface area (Å²) in [6, 6.07) is 16.5. The van der Waals surface area contributed by atoms with Gasteiger partial charge in [-0.15, -0.1) is 0 Å². The summed E-state index contributed by atoms with van der Waals surface area (Å²) in [5, 5.41) is 5.55. The van der Waals surface area contributed by atoms with Crippen molar-refractivity contribution in [1.82, 2.24) is 0 Å². The fourth-order valence-electron chi connectivity index (χ4n) is 2.64. The number of ether oxygens (including phenoxy) is 2. The smallest absolute Gasteiger partial charge is 0.163 e. The van der Waals surface area contributed by atoms with Gasteiger partial charge in [0.05, 0.1) is 16.7 Å². The topological polar surface area (TPSA) is 30.5 Å². The fraction of sp³-hybridized carbons (Fsp3) is 0.182. The first kappa shape index (κ1) is 21.9. The highest BCUT2D eigenvalue weighted by Crippen LogP contribution is 2.35. The van der Waals surface area contributed by atoms with Crippen LogP contribution in [-0.2, 0) is 13.2 Å². The third-order valence-electron chi connectivity index (χ3n) is 4.12. The van der Waals surface area contributed by atoms with Crippen molar-refractivity contribution in [3.8, 4) is 11.5 Å². The zero-order valence-electron chi connectivity index (χ0n) is 15.6. The molecule has 3 nitrogen and oxygen atoms in total. The van der Waals surface area contributed by atoms with E-state index < -0.39 is 0 Å².